The third kappa shape index (κ3) is 4.34. The third-order valence-electron chi connectivity index (χ3n) is 4.92. The van der Waals surface area contributed by atoms with E-state index in [-0.39, 0.29) is 11.9 Å². The molecule has 148 valence electrons. The van der Waals surface area contributed by atoms with Gasteiger partial charge in [0, 0.05) is 24.9 Å². The van der Waals surface area contributed by atoms with Crippen molar-refractivity contribution in [3.05, 3.63) is 71.7 Å². The standard InChI is InChI=1S/C22H23N5O2/c1-15-6-3-11-23-22(15)26-20-14-18(24-16(2)25-20)19-8-4-12-27(19)21(28)10-9-17-7-5-13-29-17/h3,5-7,9-11,13-14,19H,4,8,12H2,1-2H3,(H,23,24,25,26)/b10-9+. The Labute approximate surface area is 169 Å². The number of aryl methyl sites for hydroxylation is 2. The summed E-state index contributed by atoms with van der Waals surface area (Å²) in [6.45, 7) is 4.56. The first-order valence-corrected chi connectivity index (χ1v) is 9.66. The number of pyridine rings is 1. The van der Waals surface area contributed by atoms with Crippen LogP contribution in [0.4, 0.5) is 11.6 Å². The van der Waals surface area contributed by atoms with Crippen molar-refractivity contribution in [2.45, 2.75) is 32.7 Å². The molecule has 1 aliphatic heterocycles. The zero-order valence-corrected chi connectivity index (χ0v) is 16.5. The number of carbonyl (C=O) groups excluding carboxylic acids is 1. The summed E-state index contributed by atoms with van der Waals surface area (Å²) >= 11 is 0. The smallest absolute Gasteiger partial charge is 0.247 e. The second-order valence-electron chi connectivity index (χ2n) is 7.06. The van der Waals surface area contributed by atoms with Crippen molar-refractivity contribution >= 4 is 23.6 Å². The van der Waals surface area contributed by atoms with Gasteiger partial charge in [-0.3, -0.25) is 4.79 Å². The second kappa shape index (κ2) is 8.26. The minimum Gasteiger partial charge on any atom is -0.465 e. The number of hydrogen-bond acceptors (Lipinski definition) is 6. The van der Waals surface area contributed by atoms with Gasteiger partial charge in [0.05, 0.1) is 18.0 Å². The highest BCUT2D eigenvalue weighted by Crippen LogP contribution is 2.32. The van der Waals surface area contributed by atoms with Crippen LogP contribution in [0.2, 0.25) is 0 Å². The van der Waals surface area contributed by atoms with Crippen LogP contribution >= 0.6 is 0 Å². The maximum Gasteiger partial charge on any atom is 0.247 e. The van der Waals surface area contributed by atoms with E-state index in [0.29, 0.717) is 23.9 Å². The molecular weight excluding hydrogens is 366 g/mol. The molecule has 1 N–H and O–H groups in total. The molecule has 1 saturated heterocycles. The molecule has 0 bridgehead atoms. The molecule has 1 fully saturated rings. The Balaban J connectivity index is 1.56. The van der Waals surface area contributed by atoms with Crippen LogP contribution in [0, 0.1) is 13.8 Å². The molecule has 0 aliphatic carbocycles. The van der Waals surface area contributed by atoms with Gasteiger partial charge in [0.1, 0.15) is 23.2 Å². The number of amides is 1. The van der Waals surface area contributed by atoms with E-state index in [2.05, 4.69) is 20.3 Å². The van der Waals surface area contributed by atoms with Gasteiger partial charge in [0.2, 0.25) is 5.91 Å². The molecule has 0 saturated carbocycles. The van der Waals surface area contributed by atoms with Crippen LogP contribution in [0.5, 0.6) is 0 Å². The summed E-state index contributed by atoms with van der Waals surface area (Å²) in [5.74, 6) is 2.71. The minimum atomic E-state index is -0.0733. The summed E-state index contributed by atoms with van der Waals surface area (Å²) in [6, 6.07) is 9.34. The summed E-state index contributed by atoms with van der Waals surface area (Å²) in [5, 5.41) is 3.27. The van der Waals surface area contributed by atoms with Crippen LogP contribution in [0.1, 0.15) is 41.7 Å². The topological polar surface area (TPSA) is 84.2 Å². The SMILES string of the molecule is Cc1nc(Nc2ncccc2C)cc(C2CCCN2C(=O)/C=C/c2ccco2)n1. The van der Waals surface area contributed by atoms with E-state index in [0.717, 1.165) is 29.9 Å². The molecule has 0 aromatic carbocycles. The summed E-state index contributed by atoms with van der Waals surface area (Å²) in [4.78, 5) is 28.1. The van der Waals surface area contributed by atoms with Gasteiger partial charge in [-0.2, -0.15) is 0 Å². The maximum atomic E-state index is 12.8. The second-order valence-corrected chi connectivity index (χ2v) is 7.06. The van der Waals surface area contributed by atoms with Crippen LogP contribution in [-0.4, -0.2) is 32.3 Å². The molecule has 1 amide bonds. The molecule has 0 spiro atoms. The Hall–Kier alpha value is -3.48. The quantitative estimate of drug-likeness (QED) is 0.658. The van der Waals surface area contributed by atoms with Gasteiger partial charge in [-0.05, 0) is 56.5 Å². The first-order chi connectivity index (χ1) is 14.1. The molecule has 0 radical (unpaired) electrons. The van der Waals surface area contributed by atoms with Gasteiger partial charge < -0.3 is 14.6 Å². The number of anilines is 2. The van der Waals surface area contributed by atoms with Crippen LogP contribution < -0.4 is 5.32 Å². The number of hydrogen-bond donors (Lipinski definition) is 1. The zero-order chi connectivity index (χ0) is 20.2. The van der Waals surface area contributed by atoms with E-state index in [1.807, 2.05) is 43.0 Å². The normalized spacial score (nSPS) is 16.5. The highest BCUT2D eigenvalue weighted by molar-refractivity contribution is 5.91. The van der Waals surface area contributed by atoms with Crippen molar-refractivity contribution in [2.24, 2.45) is 0 Å². The summed E-state index contributed by atoms with van der Waals surface area (Å²) in [6.07, 6.45) is 8.40. The van der Waals surface area contributed by atoms with Crippen molar-refractivity contribution in [2.75, 3.05) is 11.9 Å². The van der Waals surface area contributed by atoms with Gasteiger partial charge in [0.25, 0.3) is 0 Å². The highest BCUT2D eigenvalue weighted by Gasteiger charge is 2.30. The van der Waals surface area contributed by atoms with Crippen LogP contribution in [0.15, 0.2) is 53.3 Å². The van der Waals surface area contributed by atoms with Crippen molar-refractivity contribution in [3.63, 3.8) is 0 Å². The first kappa shape index (κ1) is 18.9. The Morgan fingerprint density at radius 2 is 2.17 bits per heavy atom. The lowest BCUT2D eigenvalue weighted by atomic mass is 10.1. The zero-order valence-electron chi connectivity index (χ0n) is 16.5. The lowest BCUT2D eigenvalue weighted by Gasteiger charge is -2.23. The molecule has 3 aromatic rings. The molecule has 29 heavy (non-hydrogen) atoms. The van der Waals surface area contributed by atoms with E-state index in [1.54, 1.807) is 30.7 Å². The largest absolute Gasteiger partial charge is 0.465 e. The van der Waals surface area contributed by atoms with E-state index in [4.69, 9.17) is 4.42 Å². The molecule has 1 aliphatic rings. The fourth-order valence-electron chi connectivity index (χ4n) is 3.54. The third-order valence-corrected chi connectivity index (χ3v) is 4.92. The Kier molecular flexibility index (Phi) is 5.37. The number of furan rings is 1. The minimum absolute atomic E-state index is 0.0461. The van der Waals surface area contributed by atoms with Crippen LogP contribution in [-0.2, 0) is 4.79 Å². The number of nitrogens with one attached hydrogen (secondary N) is 1. The monoisotopic (exact) mass is 389 g/mol. The Bertz CT molecular complexity index is 1030. The van der Waals surface area contributed by atoms with Crippen LogP contribution in [0.25, 0.3) is 6.08 Å². The Morgan fingerprint density at radius 3 is 2.97 bits per heavy atom. The lowest BCUT2D eigenvalue weighted by Crippen LogP contribution is -2.29. The molecule has 4 heterocycles. The van der Waals surface area contributed by atoms with E-state index >= 15 is 0 Å². The van der Waals surface area contributed by atoms with Gasteiger partial charge in [0.15, 0.2) is 0 Å². The van der Waals surface area contributed by atoms with Crippen molar-refractivity contribution in [1.29, 1.82) is 0 Å². The molecule has 7 heteroatoms. The van der Waals surface area contributed by atoms with E-state index in [1.165, 1.54) is 0 Å². The number of carbonyl (C=O) groups is 1. The predicted octanol–water partition coefficient (Wildman–Crippen LogP) is 4.20. The summed E-state index contributed by atoms with van der Waals surface area (Å²) < 4.78 is 5.26. The van der Waals surface area contributed by atoms with Gasteiger partial charge in [-0.25, -0.2) is 15.0 Å². The van der Waals surface area contributed by atoms with Gasteiger partial charge in [-0.1, -0.05) is 6.07 Å². The predicted molar refractivity (Wildman–Crippen MR) is 110 cm³/mol. The number of likely N-dealkylation sites (tertiary alicyclic amines) is 1. The average molecular weight is 389 g/mol. The van der Waals surface area contributed by atoms with E-state index < -0.39 is 0 Å². The fourth-order valence-corrected chi connectivity index (χ4v) is 3.54. The fraction of sp³-hybridized carbons (Fsp3) is 0.273. The van der Waals surface area contributed by atoms with Crippen molar-refractivity contribution in [1.82, 2.24) is 19.9 Å². The molecule has 7 nitrogen and oxygen atoms in total. The first-order valence-electron chi connectivity index (χ1n) is 9.66. The maximum absolute atomic E-state index is 12.8. The number of nitrogens with zero attached hydrogens (tertiary/aromatic N) is 4. The van der Waals surface area contributed by atoms with E-state index in [9.17, 15) is 4.79 Å². The molecule has 3 aromatic heterocycles. The van der Waals surface area contributed by atoms with Crippen molar-refractivity contribution < 1.29 is 9.21 Å². The van der Waals surface area contributed by atoms with Crippen molar-refractivity contribution in [3.8, 4) is 0 Å². The molecule has 1 atom stereocenters. The highest BCUT2D eigenvalue weighted by atomic mass is 16.3. The summed E-state index contributed by atoms with van der Waals surface area (Å²) in [5.41, 5.74) is 1.87. The Morgan fingerprint density at radius 1 is 1.28 bits per heavy atom. The average Bonchev–Trinajstić information content (AvgIpc) is 3.39. The lowest BCUT2D eigenvalue weighted by molar-refractivity contribution is -0.126. The van der Waals surface area contributed by atoms with Gasteiger partial charge >= 0.3 is 0 Å². The summed E-state index contributed by atoms with van der Waals surface area (Å²) in [7, 11) is 0. The number of rotatable bonds is 5. The number of aromatic nitrogens is 3. The molecule has 4 rings (SSSR count). The molecule has 1 unspecified atom stereocenters. The van der Waals surface area contributed by atoms with Gasteiger partial charge in [-0.15, -0.1) is 0 Å². The van der Waals surface area contributed by atoms with Crippen LogP contribution in [0.3, 0.4) is 0 Å². The molecular formula is C22H23N5O2.